The third-order valence-corrected chi connectivity index (χ3v) is 3.20. The highest BCUT2D eigenvalue weighted by molar-refractivity contribution is 5.94. The summed E-state index contributed by atoms with van der Waals surface area (Å²) >= 11 is 0. The quantitative estimate of drug-likeness (QED) is 0.624. The summed E-state index contributed by atoms with van der Waals surface area (Å²) in [5.41, 5.74) is -0.614. The molecule has 0 radical (unpaired) electrons. The average Bonchev–Trinajstić information content (AvgIpc) is 2.22. The molecular weight excluding hydrogens is 222 g/mol. The molecule has 0 saturated carbocycles. The number of β-amino-alcohol motifs (C(OH)–C–C–N with tert-alkyl or cyclic N) is 1. The minimum Gasteiger partial charge on any atom is -0.387 e. The molecule has 0 aromatic carbocycles. The van der Waals surface area contributed by atoms with Crippen molar-refractivity contribution in [2.24, 2.45) is 5.92 Å². The number of rotatable bonds is 4. The van der Waals surface area contributed by atoms with Crippen LogP contribution in [0.2, 0.25) is 0 Å². The highest BCUT2D eigenvalue weighted by Gasteiger charge is 2.43. The van der Waals surface area contributed by atoms with Crippen LogP contribution in [0, 0.1) is 5.92 Å². The van der Waals surface area contributed by atoms with Gasteiger partial charge < -0.3 is 10.4 Å². The lowest BCUT2D eigenvalue weighted by atomic mass is 9.83. The van der Waals surface area contributed by atoms with E-state index in [4.69, 9.17) is 0 Å². The Morgan fingerprint density at radius 3 is 2.47 bits per heavy atom. The van der Waals surface area contributed by atoms with E-state index in [1.807, 2.05) is 18.7 Å². The van der Waals surface area contributed by atoms with Crippen LogP contribution >= 0.6 is 0 Å². The standard InChI is InChI=1S/C11H21N3O3/c1-8(2)11(17)6-14(7-11)5-4-9(15)13-10(16)12-3/h8,17H,4-7H2,1-3H3,(H2,12,13,15,16). The van der Waals surface area contributed by atoms with E-state index in [-0.39, 0.29) is 18.2 Å². The van der Waals surface area contributed by atoms with Crippen molar-refractivity contribution in [3.8, 4) is 0 Å². The van der Waals surface area contributed by atoms with Crippen LogP contribution in [0.25, 0.3) is 0 Å². The van der Waals surface area contributed by atoms with Crippen molar-refractivity contribution in [2.45, 2.75) is 25.9 Å². The summed E-state index contributed by atoms with van der Waals surface area (Å²) in [6.07, 6.45) is 0.265. The summed E-state index contributed by atoms with van der Waals surface area (Å²) in [4.78, 5) is 24.1. The zero-order valence-electron chi connectivity index (χ0n) is 10.6. The molecule has 1 aliphatic rings. The Kier molecular flexibility index (Phi) is 4.47. The van der Waals surface area contributed by atoms with Crippen LogP contribution in [0.15, 0.2) is 0 Å². The van der Waals surface area contributed by atoms with E-state index in [1.54, 1.807) is 0 Å². The van der Waals surface area contributed by atoms with Crippen LogP contribution in [-0.4, -0.2) is 54.2 Å². The van der Waals surface area contributed by atoms with Gasteiger partial charge in [-0.3, -0.25) is 15.0 Å². The lowest BCUT2D eigenvalue weighted by Gasteiger charge is -2.49. The fourth-order valence-corrected chi connectivity index (χ4v) is 1.76. The largest absolute Gasteiger partial charge is 0.387 e. The van der Waals surface area contributed by atoms with Crippen LogP contribution in [-0.2, 0) is 4.79 Å². The minimum absolute atomic E-state index is 0.221. The number of hydrogen-bond donors (Lipinski definition) is 3. The van der Waals surface area contributed by atoms with Gasteiger partial charge in [-0.05, 0) is 5.92 Å². The summed E-state index contributed by atoms with van der Waals surface area (Å²) < 4.78 is 0. The van der Waals surface area contributed by atoms with Crippen LogP contribution in [0.1, 0.15) is 20.3 Å². The fourth-order valence-electron chi connectivity index (χ4n) is 1.76. The Morgan fingerprint density at radius 2 is 2.00 bits per heavy atom. The molecule has 6 heteroatoms. The van der Waals surface area contributed by atoms with E-state index < -0.39 is 11.6 Å². The Morgan fingerprint density at radius 1 is 1.41 bits per heavy atom. The first kappa shape index (κ1) is 13.9. The van der Waals surface area contributed by atoms with E-state index in [0.29, 0.717) is 19.6 Å². The highest BCUT2D eigenvalue weighted by Crippen LogP contribution is 2.28. The Balaban J connectivity index is 2.18. The first-order valence-electron chi connectivity index (χ1n) is 5.83. The van der Waals surface area contributed by atoms with E-state index in [0.717, 1.165) is 0 Å². The van der Waals surface area contributed by atoms with Crippen LogP contribution in [0.5, 0.6) is 0 Å². The van der Waals surface area contributed by atoms with Gasteiger partial charge in [0.05, 0.1) is 5.60 Å². The van der Waals surface area contributed by atoms with Gasteiger partial charge in [0.15, 0.2) is 0 Å². The molecule has 1 saturated heterocycles. The Bertz CT molecular complexity index is 298. The van der Waals surface area contributed by atoms with E-state index in [9.17, 15) is 14.7 Å². The molecule has 1 heterocycles. The average molecular weight is 243 g/mol. The monoisotopic (exact) mass is 243 g/mol. The van der Waals surface area contributed by atoms with Gasteiger partial charge in [-0.1, -0.05) is 13.8 Å². The van der Waals surface area contributed by atoms with Crippen molar-refractivity contribution in [3.63, 3.8) is 0 Å². The molecule has 3 amide bonds. The number of carbonyl (C=O) groups is 2. The number of hydrogen-bond acceptors (Lipinski definition) is 4. The topological polar surface area (TPSA) is 81.7 Å². The number of aliphatic hydroxyl groups is 1. The van der Waals surface area contributed by atoms with Gasteiger partial charge in [0.25, 0.3) is 0 Å². The maximum atomic E-state index is 11.3. The molecule has 1 fully saturated rings. The van der Waals surface area contributed by atoms with Gasteiger partial charge in [-0.2, -0.15) is 0 Å². The first-order valence-corrected chi connectivity index (χ1v) is 5.83. The SMILES string of the molecule is CNC(=O)NC(=O)CCN1CC(O)(C(C)C)C1. The summed E-state index contributed by atoms with van der Waals surface area (Å²) in [6, 6.07) is -0.489. The normalized spacial score (nSPS) is 18.6. The van der Waals surface area contributed by atoms with E-state index in [1.165, 1.54) is 7.05 Å². The van der Waals surface area contributed by atoms with Crippen LogP contribution in [0.4, 0.5) is 4.79 Å². The molecule has 0 bridgehead atoms. The van der Waals surface area contributed by atoms with Crippen molar-refractivity contribution >= 4 is 11.9 Å². The van der Waals surface area contributed by atoms with Gasteiger partial charge in [0, 0.05) is 33.1 Å². The molecule has 0 atom stereocenters. The molecule has 17 heavy (non-hydrogen) atoms. The van der Waals surface area contributed by atoms with Crippen LogP contribution in [0.3, 0.4) is 0 Å². The van der Waals surface area contributed by atoms with Crippen molar-refractivity contribution in [1.29, 1.82) is 0 Å². The predicted octanol–water partition coefficient (Wildman–Crippen LogP) is -0.465. The van der Waals surface area contributed by atoms with Gasteiger partial charge in [-0.15, -0.1) is 0 Å². The Hall–Kier alpha value is -1.14. The van der Waals surface area contributed by atoms with Gasteiger partial charge in [0.2, 0.25) is 5.91 Å². The second kappa shape index (κ2) is 5.46. The first-order chi connectivity index (χ1) is 7.87. The number of amides is 3. The molecule has 1 aliphatic heterocycles. The summed E-state index contributed by atoms with van der Waals surface area (Å²) in [6.45, 7) is 5.72. The van der Waals surface area contributed by atoms with E-state index >= 15 is 0 Å². The summed E-state index contributed by atoms with van der Waals surface area (Å²) in [7, 11) is 1.46. The van der Waals surface area contributed by atoms with Crippen molar-refractivity contribution in [1.82, 2.24) is 15.5 Å². The molecule has 0 spiro atoms. The number of imide groups is 1. The van der Waals surface area contributed by atoms with Gasteiger partial charge >= 0.3 is 6.03 Å². The molecule has 0 aliphatic carbocycles. The molecule has 0 unspecified atom stereocenters. The van der Waals surface area contributed by atoms with Crippen molar-refractivity contribution in [3.05, 3.63) is 0 Å². The second-order valence-corrected chi connectivity index (χ2v) is 4.85. The Labute approximate surface area is 101 Å². The third-order valence-electron chi connectivity index (χ3n) is 3.20. The molecule has 0 aromatic heterocycles. The summed E-state index contributed by atoms with van der Waals surface area (Å²) in [5, 5.41) is 14.5. The van der Waals surface area contributed by atoms with Gasteiger partial charge in [0.1, 0.15) is 0 Å². The van der Waals surface area contributed by atoms with Crippen molar-refractivity contribution < 1.29 is 14.7 Å². The second-order valence-electron chi connectivity index (χ2n) is 4.85. The van der Waals surface area contributed by atoms with Crippen LogP contribution < -0.4 is 10.6 Å². The minimum atomic E-state index is -0.614. The number of nitrogens with one attached hydrogen (secondary N) is 2. The fraction of sp³-hybridized carbons (Fsp3) is 0.818. The summed E-state index contributed by atoms with van der Waals surface area (Å²) in [5.74, 6) is -0.0808. The lowest BCUT2D eigenvalue weighted by Crippen LogP contribution is -2.64. The number of likely N-dealkylation sites (tertiary alicyclic amines) is 1. The van der Waals surface area contributed by atoms with Gasteiger partial charge in [-0.25, -0.2) is 4.79 Å². The molecule has 1 rings (SSSR count). The van der Waals surface area contributed by atoms with Crippen molar-refractivity contribution in [2.75, 3.05) is 26.7 Å². The predicted molar refractivity (Wildman–Crippen MR) is 63.4 cm³/mol. The highest BCUT2D eigenvalue weighted by atomic mass is 16.3. The lowest BCUT2D eigenvalue weighted by molar-refractivity contribution is -0.133. The smallest absolute Gasteiger partial charge is 0.321 e. The molecule has 6 nitrogen and oxygen atoms in total. The number of nitrogens with zero attached hydrogens (tertiary/aromatic N) is 1. The molecule has 3 N–H and O–H groups in total. The maximum Gasteiger partial charge on any atom is 0.321 e. The maximum absolute atomic E-state index is 11.3. The van der Waals surface area contributed by atoms with E-state index in [2.05, 4.69) is 10.6 Å². The molecular formula is C11H21N3O3. The third kappa shape index (κ3) is 3.67. The number of carbonyl (C=O) groups excluding carboxylic acids is 2. The zero-order chi connectivity index (χ0) is 13.1. The molecule has 98 valence electrons. The number of urea groups is 1. The molecule has 0 aromatic rings. The zero-order valence-corrected chi connectivity index (χ0v) is 10.6.